The lowest BCUT2D eigenvalue weighted by molar-refractivity contribution is -0.132. The highest BCUT2D eigenvalue weighted by Gasteiger charge is 2.23. The van der Waals surface area contributed by atoms with E-state index in [4.69, 9.17) is 0 Å². The minimum absolute atomic E-state index is 0.116. The lowest BCUT2D eigenvalue weighted by Crippen LogP contribution is -2.42. The molecule has 0 atom stereocenters. The van der Waals surface area contributed by atoms with Crippen molar-refractivity contribution in [1.29, 1.82) is 0 Å². The predicted molar refractivity (Wildman–Crippen MR) is 116 cm³/mol. The summed E-state index contributed by atoms with van der Waals surface area (Å²) < 4.78 is 0. The van der Waals surface area contributed by atoms with Crippen molar-refractivity contribution in [3.05, 3.63) is 35.4 Å². The molecule has 0 spiro atoms. The van der Waals surface area contributed by atoms with Crippen molar-refractivity contribution in [2.24, 2.45) is 0 Å². The molecule has 2 heterocycles. The van der Waals surface area contributed by atoms with Gasteiger partial charge in [-0.05, 0) is 63.9 Å². The van der Waals surface area contributed by atoms with E-state index in [9.17, 15) is 9.59 Å². The van der Waals surface area contributed by atoms with Crippen LogP contribution in [0.15, 0.2) is 24.3 Å². The predicted octanol–water partition coefficient (Wildman–Crippen LogP) is 2.30. The van der Waals surface area contributed by atoms with Crippen molar-refractivity contribution in [2.45, 2.75) is 39.7 Å². The monoisotopic (exact) mass is 400 g/mol. The third-order valence-electron chi connectivity index (χ3n) is 6.13. The quantitative estimate of drug-likeness (QED) is 0.705. The second-order valence-electron chi connectivity index (χ2n) is 8.17. The molecule has 29 heavy (non-hydrogen) atoms. The molecule has 2 aliphatic rings. The van der Waals surface area contributed by atoms with Gasteiger partial charge in [0, 0.05) is 51.4 Å². The van der Waals surface area contributed by atoms with E-state index in [1.807, 2.05) is 35.8 Å². The maximum absolute atomic E-state index is 13.1. The average molecular weight is 401 g/mol. The molecule has 6 heteroatoms. The van der Waals surface area contributed by atoms with Crippen LogP contribution in [-0.2, 0) is 11.3 Å². The van der Waals surface area contributed by atoms with Crippen LogP contribution in [0, 0.1) is 0 Å². The third-order valence-corrected chi connectivity index (χ3v) is 6.13. The summed E-state index contributed by atoms with van der Waals surface area (Å²) in [5, 5.41) is 0. The van der Waals surface area contributed by atoms with Gasteiger partial charge in [-0.15, -0.1) is 0 Å². The van der Waals surface area contributed by atoms with E-state index in [0.717, 1.165) is 64.3 Å². The van der Waals surface area contributed by atoms with Crippen molar-refractivity contribution in [2.75, 3.05) is 58.9 Å². The Bertz CT molecular complexity index is 683. The SMILES string of the molecule is CCN(CC)C(=O)CN1CCCN(C(=O)c2cccc(CN3CCCC3)c2)CC1. The van der Waals surface area contributed by atoms with E-state index < -0.39 is 0 Å². The Morgan fingerprint density at radius 3 is 2.34 bits per heavy atom. The van der Waals surface area contributed by atoms with Gasteiger partial charge >= 0.3 is 0 Å². The van der Waals surface area contributed by atoms with Crippen LogP contribution in [0.2, 0.25) is 0 Å². The third kappa shape index (κ3) is 6.03. The Kier molecular flexibility index (Phi) is 8.07. The van der Waals surface area contributed by atoms with Gasteiger partial charge in [-0.3, -0.25) is 19.4 Å². The minimum Gasteiger partial charge on any atom is -0.342 e. The molecule has 2 fully saturated rings. The van der Waals surface area contributed by atoms with Crippen molar-refractivity contribution in [1.82, 2.24) is 19.6 Å². The fourth-order valence-corrected chi connectivity index (χ4v) is 4.38. The Morgan fingerprint density at radius 2 is 1.62 bits per heavy atom. The number of rotatable bonds is 7. The molecule has 3 rings (SSSR count). The summed E-state index contributed by atoms with van der Waals surface area (Å²) >= 11 is 0. The zero-order valence-corrected chi connectivity index (χ0v) is 18.1. The van der Waals surface area contributed by atoms with Gasteiger partial charge in [-0.2, -0.15) is 0 Å². The molecule has 2 amide bonds. The van der Waals surface area contributed by atoms with E-state index in [1.54, 1.807) is 0 Å². The van der Waals surface area contributed by atoms with E-state index in [-0.39, 0.29) is 11.8 Å². The highest BCUT2D eigenvalue weighted by atomic mass is 16.2. The zero-order chi connectivity index (χ0) is 20.6. The van der Waals surface area contributed by atoms with Crippen molar-refractivity contribution >= 4 is 11.8 Å². The fraction of sp³-hybridized carbons (Fsp3) is 0.652. The number of carbonyl (C=O) groups is 2. The number of likely N-dealkylation sites (N-methyl/N-ethyl adjacent to an activating group) is 1. The number of amides is 2. The summed E-state index contributed by atoms with van der Waals surface area (Å²) in [6, 6.07) is 8.12. The molecular weight excluding hydrogens is 364 g/mol. The number of likely N-dealkylation sites (tertiary alicyclic amines) is 1. The van der Waals surface area contributed by atoms with Crippen molar-refractivity contribution < 1.29 is 9.59 Å². The van der Waals surface area contributed by atoms with Crippen LogP contribution in [0.4, 0.5) is 0 Å². The van der Waals surface area contributed by atoms with Crippen LogP contribution in [-0.4, -0.2) is 90.3 Å². The molecule has 1 aromatic carbocycles. The molecule has 6 nitrogen and oxygen atoms in total. The van der Waals surface area contributed by atoms with Crippen LogP contribution in [0.5, 0.6) is 0 Å². The van der Waals surface area contributed by atoms with Gasteiger partial charge in [0.25, 0.3) is 5.91 Å². The fourth-order valence-electron chi connectivity index (χ4n) is 4.38. The van der Waals surface area contributed by atoms with E-state index in [2.05, 4.69) is 21.9 Å². The topological polar surface area (TPSA) is 47.1 Å². The van der Waals surface area contributed by atoms with Gasteiger partial charge in [0.1, 0.15) is 0 Å². The van der Waals surface area contributed by atoms with Crippen LogP contribution >= 0.6 is 0 Å². The molecule has 0 aliphatic carbocycles. The molecule has 0 radical (unpaired) electrons. The van der Waals surface area contributed by atoms with Gasteiger partial charge in [0.05, 0.1) is 6.54 Å². The Labute approximate surface area is 175 Å². The van der Waals surface area contributed by atoms with Crippen LogP contribution in [0.1, 0.15) is 49.0 Å². The first-order valence-electron chi connectivity index (χ1n) is 11.2. The van der Waals surface area contributed by atoms with Crippen LogP contribution < -0.4 is 0 Å². The molecule has 0 unspecified atom stereocenters. The summed E-state index contributed by atoms with van der Waals surface area (Å²) in [6.07, 6.45) is 3.46. The number of hydrogen-bond acceptors (Lipinski definition) is 4. The number of hydrogen-bond donors (Lipinski definition) is 0. The number of nitrogens with zero attached hydrogens (tertiary/aromatic N) is 4. The minimum atomic E-state index is 0.116. The largest absolute Gasteiger partial charge is 0.342 e. The van der Waals surface area contributed by atoms with Crippen molar-refractivity contribution in [3.8, 4) is 0 Å². The summed E-state index contributed by atoms with van der Waals surface area (Å²) in [5.74, 6) is 0.301. The highest BCUT2D eigenvalue weighted by Crippen LogP contribution is 2.16. The second kappa shape index (κ2) is 10.7. The molecule has 0 saturated carbocycles. The van der Waals surface area contributed by atoms with Crippen LogP contribution in [0.3, 0.4) is 0 Å². The van der Waals surface area contributed by atoms with Gasteiger partial charge < -0.3 is 9.80 Å². The van der Waals surface area contributed by atoms with Gasteiger partial charge in [0.2, 0.25) is 5.91 Å². The molecule has 0 aromatic heterocycles. The van der Waals surface area contributed by atoms with Crippen LogP contribution in [0.25, 0.3) is 0 Å². The molecule has 0 N–H and O–H groups in total. The standard InChI is InChI=1S/C23H36N4O2/c1-3-26(4-2)22(28)19-25-13-8-14-27(16-15-25)23(29)21-10-7-9-20(17-21)18-24-11-5-6-12-24/h7,9-10,17H,3-6,8,11-16,18-19H2,1-2H3. The molecular formula is C23H36N4O2. The van der Waals surface area contributed by atoms with Gasteiger partial charge in [-0.25, -0.2) is 0 Å². The number of carbonyl (C=O) groups excluding carboxylic acids is 2. The smallest absolute Gasteiger partial charge is 0.253 e. The Morgan fingerprint density at radius 1 is 0.897 bits per heavy atom. The summed E-state index contributed by atoms with van der Waals surface area (Å²) in [7, 11) is 0. The molecule has 160 valence electrons. The Hall–Kier alpha value is -1.92. The first-order valence-corrected chi connectivity index (χ1v) is 11.2. The van der Waals surface area contributed by atoms with Gasteiger partial charge in [0.15, 0.2) is 0 Å². The lowest BCUT2D eigenvalue weighted by Gasteiger charge is -2.25. The summed E-state index contributed by atoms with van der Waals surface area (Å²) in [6.45, 7) is 12.3. The van der Waals surface area contributed by atoms with E-state index in [0.29, 0.717) is 13.1 Å². The zero-order valence-electron chi connectivity index (χ0n) is 18.1. The van der Waals surface area contributed by atoms with E-state index in [1.165, 1.54) is 18.4 Å². The maximum atomic E-state index is 13.1. The first-order chi connectivity index (χ1) is 14.1. The number of benzene rings is 1. The second-order valence-corrected chi connectivity index (χ2v) is 8.17. The summed E-state index contributed by atoms with van der Waals surface area (Å²) in [4.78, 5) is 34.0. The first kappa shape index (κ1) is 21.8. The molecule has 0 bridgehead atoms. The van der Waals surface area contributed by atoms with Gasteiger partial charge in [-0.1, -0.05) is 12.1 Å². The molecule has 2 aliphatic heterocycles. The normalized spacial score (nSPS) is 18.6. The molecule has 1 aromatic rings. The lowest BCUT2D eigenvalue weighted by atomic mass is 10.1. The highest BCUT2D eigenvalue weighted by molar-refractivity contribution is 5.94. The van der Waals surface area contributed by atoms with E-state index >= 15 is 0 Å². The maximum Gasteiger partial charge on any atom is 0.253 e. The summed E-state index contributed by atoms with van der Waals surface area (Å²) in [5.41, 5.74) is 2.01. The Balaban J connectivity index is 1.55. The molecule has 2 saturated heterocycles. The van der Waals surface area contributed by atoms with Crippen molar-refractivity contribution in [3.63, 3.8) is 0 Å². The average Bonchev–Trinajstić information content (AvgIpc) is 3.13.